The molecule has 0 aromatic heterocycles. The number of ether oxygens (including phenoxy) is 2. The van der Waals surface area contributed by atoms with Crippen molar-refractivity contribution in [1.29, 1.82) is 0 Å². The molecule has 0 spiro atoms. The van der Waals surface area contributed by atoms with Gasteiger partial charge in [-0.05, 0) is 19.1 Å². The Morgan fingerprint density at radius 3 is 2.56 bits per heavy atom. The first-order chi connectivity index (χ1) is 8.60. The van der Waals surface area contributed by atoms with Crippen molar-refractivity contribution in [3.8, 4) is 5.75 Å². The third-order valence-electron chi connectivity index (χ3n) is 2.59. The van der Waals surface area contributed by atoms with Gasteiger partial charge < -0.3 is 9.47 Å². The number of rotatable bonds is 6. The molecule has 0 fully saturated rings. The Kier molecular flexibility index (Phi) is 5.36. The van der Waals surface area contributed by atoms with Crippen molar-refractivity contribution in [2.45, 2.75) is 20.3 Å². The van der Waals surface area contributed by atoms with Crippen LogP contribution in [0.2, 0.25) is 0 Å². The molecule has 1 atom stereocenters. The van der Waals surface area contributed by atoms with Crippen LogP contribution in [0.5, 0.6) is 5.75 Å². The quantitative estimate of drug-likeness (QED) is 0.575. The summed E-state index contributed by atoms with van der Waals surface area (Å²) >= 11 is 0. The second-order valence-electron chi connectivity index (χ2n) is 3.98. The zero-order valence-corrected chi connectivity index (χ0v) is 10.9. The van der Waals surface area contributed by atoms with E-state index in [9.17, 15) is 9.59 Å². The summed E-state index contributed by atoms with van der Waals surface area (Å²) in [6.07, 6.45) is 0.124. The second kappa shape index (κ2) is 6.79. The van der Waals surface area contributed by atoms with Crippen molar-refractivity contribution >= 4 is 11.8 Å². The summed E-state index contributed by atoms with van der Waals surface area (Å²) in [7, 11) is 1.51. The van der Waals surface area contributed by atoms with Crippen LogP contribution in [0, 0.1) is 5.92 Å². The average molecular weight is 250 g/mol. The number of para-hydroxylation sites is 1. The summed E-state index contributed by atoms with van der Waals surface area (Å²) in [5.41, 5.74) is 0.496. The summed E-state index contributed by atoms with van der Waals surface area (Å²) in [5.74, 6) is -0.380. The smallest absolute Gasteiger partial charge is 0.309 e. The number of benzene rings is 1. The molecule has 0 bridgehead atoms. The van der Waals surface area contributed by atoms with Gasteiger partial charge in [0, 0.05) is 6.42 Å². The predicted molar refractivity (Wildman–Crippen MR) is 67.7 cm³/mol. The van der Waals surface area contributed by atoms with E-state index in [4.69, 9.17) is 9.47 Å². The highest BCUT2D eigenvalue weighted by molar-refractivity contribution is 6.00. The predicted octanol–water partition coefficient (Wildman–Crippen LogP) is 2.47. The Hall–Kier alpha value is -1.84. The van der Waals surface area contributed by atoms with Crippen LogP contribution in [0.3, 0.4) is 0 Å². The first-order valence-electron chi connectivity index (χ1n) is 5.93. The van der Waals surface area contributed by atoms with Gasteiger partial charge in [0.1, 0.15) is 5.75 Å². The number of hydrogen-bond acceptors (Lipinski definition) is 4. The van der Waals surface area contributed by atoms with Gasteiger partial charge in [0.05, 0.1) is 25.2 Å². The van der Waals surface area contributed by atoms with Crippen LogP contribution in [0.25, 0.3) is 0 Å². The highest BCUT2D eigenvalue weighted by atomic mass is 16.5. The maximum atomic E-state index is 12.1. The Morgan fingerprint density at radius 2 is 1.94 bits per heavy atom. The van der Waals surface area contributed by atoms with E-state index in [2.05, 4.69) is 0 Å². The Bertz CT molecular complexity index is 426. The fourth-order valence-corrected chi connectivity index (χ4v) is 1.63. The maximum absolute atomic E-state index is 12.1. The summed E-state index contributed by atoms with van der Waals surface area (Å²) in [4.78, 5) is 23.5. The van der Waals surface area contributed by atoms with E-state index in [1.54, 1.807) is 38.1 Å². The number of carbonyl (C=O) groups is 2. The normalized spacial score (nSPS) is 11.7. The van der Waals surface area contributed by atoms with E-state index in [0.29, 0.717) is 17.9 Å². The minimum Gasteiger partial charge on any atom is -0.496 e. The minimum atomic E-state index is -0.442. The van der Waals surface area contributed by atoms with E-state index in [0.717, 1.165) is 0 Å². The Morgan fingerprint density at radius 1 is 1.28 bits per heavy atom. The molecule has 0 saturated heterocycles. The van der Waals surface area contributed by atoms with Crippen LogP contribution < -0.4 is 4.74 Å². The summed E-state index contributed by atoms with van der Waals surface area (Å²) < 4.78 is 9.99. The van der Waals surface area contributed by atoms with E-state index in [1.807, 2.05) is 0 Å². The molecule has 0 aliphatic carbocycles. The lowest BCUT2D eigenvalue weighted by Gasteiger charge is -2.11. The van der Waals surface area contributed by atoms with Gasteiger partial charge in [-0.1, -0.05) is 19.1 Å². The molecule has 0 amide bonds. The zero-order valence-electron chi connectivity index (χ0n) is 10.9. The lowest BCUT2D eigenvalue weighted by molar-refractivity contribution is -0.147. The molecule has 0 aliphatic heterocycles. The van der Waals surface area contributed by atoms with E-state index in [1.165, 1.54) is 7.11 Å². The average Bonchev–Trinajstić information content (AvgIpc) is 2.38. The number of hydrogen-bond donors (Lipinski definition) is 0. The third kappa shape index (κ3) is 3.58. The first kappa shape index (κ1) is 14.2. The van der Waals surface area contributed by atoms with Crippen molar-refractivity contribution in [1.82, 2.24) is 0 Å². The van der Waals surface area contributed by atoms with Crippen molar-refractivity contribution in [3.63, 3.8) is 0 Å². The number of carbonyl (C=O) groups excluding carboxylic acids is 2. The molecule has 1 unspecified atom stereocenters. The van der Waals surface area contributed by atoms with Crippen LogP contribution in [0.4, 0.5) is 0 Å². The molecule has 18 heavy (non-hydrogen) atoms. The van der Waals surface area contributed by atoms with Gasteiger partial charge in [0.15, 0.2) is 5.78 Å². The largest absolute Gasteiger partial charge is 0.496 e. The van der Waals surface area contributed by atoms with Gasteiger partial charge >= 0.3 is 5.97 Å². The van der Waals surface area contributed by atoms with Crippen LogP contribution in [-0.4, -0.2) is 25.5 Å². The fourth-order valence-electron chi connectivity index (χ4n) is 1.63. The molecule has 1 rings (SSSR count). The third-order valence-corrected chi connectivity index (χ3v) is 2.59. The van der Waals surface area contributed by atoms with Crippen LogP contribution >= 0.6 is 0 Å². The molecule has 0 N–H and O–H groups in total. The fraction of sp³-hybridized carbons (Fsp3) is 0.429. The molecule has 0 radical (unpaired) electrons. The number of esters is 1. The van der Waals surface area contributed by atoms with Crippen LogP contribution in [0.15, 0.2) is 24.3 Å². The van der Waals surface area contributed by atoms with E-state index >= 15 is 0 Å². The molecule has 0 aliphatic rings. The van der Waals surface area contributed by atoms with Gasteiger partial charge in [-0.15, -0.1) is 0 Å². The number of ketones is 1. The van der Waals surface area contributed by atoms with Crippen molar-refractivity contribution in [2.75, 3.05) is 13.7 Å². The molecule has 0 heterocycles. The molecule has 0 saturated carbocycles. The standard InChI is InChI=1S/C14H18O4/c1-4-18-14(16)10(2)9-12(15)11-7-5-6-8-13(11)17-3/h5-8,10H,4,9H2,1-3H3. The van der Waals surface area contributed by atoms with Gasteiger partial charge in [0.25, 0.3) is 0 Å². The minimum absolute atomic E-state index is 0.118. The van der Waals surface area contributed by atoms with Gasteiger partial charge in [-0.2, -0.15) is 0 Å². The van der Waals surface area contributed by atoms with Gasteiger partial charge in [0.2, 0.25) is 0 Å². The molecular weight excluding hydrogens is 232 g/mol. The number of Topliss-reactive ketones (excluding diaryl/α,β-unsaturated/α-hetero) is 1. The van der Waals surface area contributed by atoms with Crippen LogP contribution in [0.1, 0.15) is 30.6 Å². The molecule has 4 heteroatoms. The summed E-state index contributed by atoms with van der Waals surface area (Å²) in [6.45, 7) is 3.75. The van der Waals surface area contributed by atoms with Crippen molar-refractivity contribution in [3.05, 3.63) is 29.8 Å². The highest BCUT2D eigenvalue weighted by Crippen LogP contribution is 2.21. The first-order valence-corrected chi connectivity index (χ1v) is 5.93. The van der Waals surface area contributed by atoms with Crippen molar-refractivity contribution in [2.24, 2.45) is 5.92 Å². The Labute approximate surface area is 107 Å². The molecule has 98 valence electrons. The van der Waals surface area contributed by atoms with Crippen molar-refractivity contribution < 1.29 is 19.1 Å². The lowest BCUT2D eigenvalue weighted by atomic mass is 9.99. The SMILES string of the molecule is CCOC(=O)C(C)CC(=O)c1ccccc1OC. The maximum Gasteiger partial charge on any atom is 0.309 e. The summed E-state index contributed by atoms with van der Waals surface area (Å²) in [6, 6.07) is 6.98. The monoisotopic (exact) mass is 250 g/mol. The topological polar surface area (TPSA) is 52.6 Å². The second-order valence-corrected chi connectivity index (χ2v) is 3.98. The van der Waals surface area contributed by atoms with E-state index < -0.39 is 5.92 Å². The van der Waals surface area contributed by atoms with Gasteiger partial charge in [-0.3, -0.25) is 9.59 Å². The van der Waals surface area contributed by atoms with Crippen LogP contribution in [-0.2, 0) is 9.53 Å². The van der Waals surface area contributed by atoms with Gasteiger partial charge in [-0.25, -0.2) is 0 Å². The molecule has 4 nitrogen and oxygen atoms in total. The summed E-state index contributed by atoms with van der Waals surface area (Å²) in [5, 5.41) is 0. The molecule has 1 aromatic carbocycles. The Balaban J connectivity index is 2.73. The zero-order chi connectivity index (χ0) is 13.5. The molecule has 1 aromatic rings. The lowest BCUT2D eigenvalue weighted by Crippen LogP contribution is -2.18. The van der Waals surface area contributed by atoms with E-state index in [-0.39, 0.29) is 18.2 Å². The molecular formula is C14H18O4. The highest BCUT2D eigenvalue weighted by Gasteiger charge is 2.20. The number of methoxy groups -OCH3 is 1.